The van der Waals surface area contributed by atoms with Crippen LogP contribution in [0.3, 0.4) is 0 Å². The Morgan fingerprint density at radius 2 is 1.79 bits per heavy atom. The third kappa shape index (κ3) is 4.16. The Kier molecular flexibility index (Phi) is 6.01. The minimum Gasteiger partial charge on any atom is -0.507 e. The third-order valence-corrected chi connectivity index (χ3v) is 3.93. The maximum atomic E-state index is 12.2. The fraction of sp³-hybridized carbons (Fsp3) is 0.250. The van der Waals surface area contributed by atoms with Gasteiger partial charge in [-0.15, -0.1) is 0 Å². The molecule has 0 radical (unpaired) electrons. The summed E-state index contributed by atoms with van der Waals surface area (Å²) in [6.07, 6.45) is 3.10. The first-order valence-corrected chi connectivity index (χ1v) is 8.03. The van der Waals surface area contributed by atoms with Crippen molar-refractivity contribution in [2.45, 2.75) is 13.8 Å². The number of hydrogen-bond acceptors (Lipinski definition) is 4. The van der Waals surface area contributed by atoms with Gasteiger partial charge >= 0.3 is 0 Å². The lowest BCUT2D eigenvalue weighted by molar-refractivity contribution is 0.104. The van der Waals surface area contributed by atoms with Crippen molar-refractivity contribution in [2.24, 2.45) is 0 Å². The number of rotatable bonds is 7. The van der Waals surface area contributed by atoms with E-state index in [1.165, 1.54) is 6.08 Å². The van der Waals surface area contributed by atoms with E-state index in [4.69, 9.17) is 4.74 Å². The molecular weight excluding hydrogens is 302 g/mol. The second kappa shape index (κ2) is 8.20. The first kappa shape index (κ1) is 17.6. The maximum absolute atomic E-state index is 12.2. The van der Waals surface area contributed by atoms with E-state index in [1.807, 2.05) is 12.1 Å². The van der Waals surface area contributed by atoms with E-state index >= 15 is 0 Å². The molecule has 0 saturated carbocycles. The normalized spacial score (nSPS) is 10.8. The molecule has 0 atom stereocenters. The molecule has 0 heterocycles. The van der Waals surface area contributed by atoms with Crippen LogP contribution in [-0.4, -0.2) is 31.1 Å². The van der Waals surface area contributed by atoms with Crippen LogP contribution in [0.5, 0.6) is 11.5 Å². The molecule has 0 amide bonds. The van der Waals surface area contributed by atoms with E-state index in [0.717, 1.165) is 18.8 Å². The number of carbonyl (C=O) groups excluding carboxylic acids is 1. The van der Waals surface area contributed by atoms with Crippen molar-refractivity contribution < 1.29 is 14.6 Å². The Morgan fingerprint density at radius 3 is 2.33 bits per heavy atom. The standard InChI is InChI=1S/C20H23NO3/c1-4-21(5-2)17-10-6-16(20(23)14-17)9-13-19(22)15-7-11-18(24-3)12-8-15/h6-14,23H,4-5H2,1-3H3/b13-9+. The zero-order valence-electron chi connectivity index (χ0n) is 14.3. The molecule has 0 spiro atoms. The minimum atomic E-state index is -0.120. The molecule has 0 bridgehead atoms. The predicted molar refractivity (Wildman–Crippen MR) is 98.0 cm³/mol. The van der Waals surface area contributed by atoms with Gasteiger partial charge in [-0.25, -0.2) is 0 Å². The molecule has 0 fully saturated rings. The summed E-state index contributed by atoms with van der Waals surface area (Å²) in [6.45, 7) is 5.89. The summed E-state index contributed by atoms with van der Waals surface area (Å²) < 4.78 is 5.08. The second-order valence-electron chi connectivity index (χ2n) is 5.34. The topological polar surface area (TPSA) is 49.8 Å². The van der Waals surface area contributed by atoms with Crippen molar-refractivity contribution in [1.82, 2.24) is 0 Å². The van der Waals surface area contributed by atoms with E-state index in [9.17, 15) is 9.90 Å². The molecule has 0 unspecified atom stereocenters. The molecule has 24 heavy (non-hydrogen) atoms. The Hall–Kier alpha value is -2.75. The van der Waals surface area contributed by atoms with Crippen molar-refractivity contribution in [3.63, 3.8) is 0 Å². The van der Waals surface area contributed by atoms with Gasteiger partial charge in [0.25, 0.3) is 0 Å². The molecule has 2 aromatic carbocycles. The Labute approximate surface area is 143 Å². The van der Waals surface area contributed by atoms with E-state index < -0.39 is 0 Å². The highest BCUT2D eigenvalue weighted by Gasteiger charge is 2.06. The second-order valence-corrected chi connectivity index (χ2v) is 5.34. The van der Waals surface area contributed by atoms with E-state index in [2.05, 4.69) is 18.7 Å². The molecule has 2 aromatic rings. The molecule has 1 N–H and O–H groups in total. The van der Waals surface area contributed by atoms with Gasteiger partial charge in [-0.1, -0.05) is 0 Å². The number of ether oxygens (including phenoxy) is 1. The van der Waals surface area contributed by atoms with Crippen LogP contribution in [-0.2, 0) is 0 Å². The molecule has 4 nitrogen and oxygen atoms in total. The quantitative estimate of drug-likeness (QED) is 0.614. The van der Waals surface area contributed by atoms with Crippen LogP contribution in [0.1, 0.15) is 29.8 Å². The number of methoxy groups -OCH3 is 1. The highest BCUT2D eigenvalue weighted by Crippen LogP contribution is 2.26. The van der Waals surface area contributed by atoms with Crippen LogP contribution in [0.15, 0.2) is 48.5 Å². The number of allylic oxidation sites excluding steroid dienone is 1. The summed E-state index contributed by atoms with van der Waals surface area (Å²) in [5.41, 5.74) is 2.16. The van der Waals surface area contributed by atoms with Crippen molar-refractivity contribution >= 4 is 17.5 Å². The van der Waals surface area contributed by atoms with E-state index in [0.29, 0.717) is 16.9 Å². The van der Waals surface area contributed by atoms with Crippen molar-refractivity contribution in [2.75, 3.05) is 25.1 Å². The van der Waals surface area contributed by atoms with Gasteiger partial charge in [0.15, 0.2) is 5.78 Å². The van der Waals surface area contributed by atoms with Crippen molar-refractivity contribution in [3.05, 3.63) is 59.7 Å². The van der Waals surface area contributed by atoms with Gasteiger partial charge in [-0.2, -0.15) is 0 Å². The van der Waals surface area contributed by atoms with Crippen LogP contribution in [0.25, 0.3) is 6.08 Å². The summed E-state index contributed by atoms with van der Waals surface area (Å²) in [6, 6.07) is 12.4. The highest BCUT2D eigenvalue weighted by molar-refractivity contribution is 6.07. The van der Waals surface area contributed by atoms with Gasteiger partial charge < -0.3 is 14.7 Å². The van der Waals surface area contributed by atoms with Crippen LogP contribution in [0.4, 0.5) is 5.69 Å². The summed E-state index contributed by atoms with van der Waals surface area (Å²) in [4.78, 5) is 14.3. The van der Waals surface area contributed by atoms with Gasteiger partial charge in [0.05, 0.1) is 7.11 Å². The van der Waals surface area contributed by atoms with Crippen molar-refractivity contribution in [1.29, 1.82) is 0 Å². The van der Waals surface area contributed by atoms with Crippen molar-refractivity contribution in [3.8, 4) is 11.5 Å². The summed E-state index contributed by atoms with van der Waals surface area (Å²) in [5, 5.41) is 10.2. The van der Waals surface area contributed by atoms with Crippen LogP contribution >= 0.6 is 0 Å². The Morgan fingerprint density at radius 1 is 1.12 bits per heavy atom. The number of aromatic hydroxyl groups is 1. The molecule has 0 aromatic heterocycles. The lowest BCUT2D eigenvalue weighted by Crippen LogP contribution is -2.21. The smallest absolute Gasteiger partial charge is 0.185 e. The monoisotopic (exact) mass is 325 g/mol. The molecule has 2 rings (SSSR count). The van der Waals surface area contributed by atoms with Crippen LogP contribution in [0, 0.1) is 0 Å². The molecular formula is C20H23NO3. The van der Waals surface area contributed by atoms with Gasteiger partial charge in [-0.3, -0.25) is 4.79 Å². The van der Waals surface area contributed by atoms with Crippen LogP contribution in [0.2, 0.25) is 0 Å². The zero-order chi connectivity index (χ0) is 17.5. The molecule has 0 saturated heterocycles. The molecule has 0 aliphatic carbocycles. The Balaban J connectivity index is 2.14. The summed E-state index contributed by atoms with van der Waals surface area (Å²) >= 11 is 0. The maximum Gasteiger partial charge on any atom is 0.185 e. The molecule has 0 aliphatic heterocycles. The lowest BCUT2D eigenvalue weighted by atomic mass is 10.1. The lowest BCUT2D eigenvalue weighted by Gasteiger charge is -2.21. The van der Waals surface area contributed by atoms with Gasteiger partial charge in [-0.05, 0) is 62.4 Å². The fourth-order valence-electron chi connectivity index (χ4n) is 2.48. The first-order chi connectivity index (χ1) is 11.6. The van der Waals surface area contributed by atoms with Crippen LogP contribution < -0.4 is 9.64 Å². The Bertz CT molecular complexity index is 716. The highest BCUT2D eigenvalue weighted by atomic mass is 16.5. The summed E-state index contributed by atoms with van der Waals surface area (Å²) in [5.74, 6) is 0.753. The average molecular weight is 325 g/mol. The number of nitrogens with zero attached hydrogens (tertiary/aromatic N) is 1. The van der Waals surface area contributed by atoms with E-state index in [1.54, 1.807) is 43.5 Å². The van der Waals surface area contributed by atoms with Gasteiger partial charge in [0, 0.05) is 36.0 Å². The average Bonchev–Trinajstić information content (AvgIpc) is 2.62. The zero-order valence-corrected chi connectivity index (χ0v) is 14.3. The SMILES string of the molecule is CCN(CC)c1ccc(/C=C/C(=O)c2ccc(OC)cc2)c(O)c1. The third-order valence-electron chi connectivity index (χ3n) is 3.93. The summed E-state index contributed by atoms with van der Waals surface area (Å²) in [7, 11) is 1.58. The number of ketones is 1. The number of hydrogen-bond donors (Lipinski definition) is 1. The van der Waals surface area contributed by atoms with E-state index in [-0.39, 0.29) is 11.5 Å². The predicted octanol–water partition coefficient (Wildman–Crippen LogP) is 4.14. The number of benzene rings is 2. The molecule has 4 heteroatoms. The minimum absolute atomic E-state index is 0.120. The largest absolute Gasteiger partial charge is 0.507 e. The number of carbonyl (C=O) groups is 1. The number of phenolic OH excluding ortho intramolecular Hbond substituents is 1. The fourth-order valence-corrected chi connectivity index (χ4v) is 2.48. The molecule has 0 aliphatic rings. The number of anilines is 1. The first-order valence-electron chi connectivity index (χ1n) is 8.03. The molecule has 126 valence electrons. The number of phenols is 1. The van der Waals surface area contributed by atoms with Gasteiger partial charge in [0.2, 0.25) is 0 Å². The van der Waals surface area contributed by atoms with Gasteiger partial charge in [0.1, 0.15) is 11.5 Å².